The van der Waals surface area contributed by atoms with Gasteiger partial charge in [-0.15, -0.1) is 6.58 Å². The maximum atomic E-state index is 10.0. The third-order valence-electron chi connectivity index (χ3n) is 2.70. The van der Waals surface area contributed by atoms with Crippen LogP contribution >= 0.6 is 0 Å². The highest BCUT2D eigenvalue weighted by atomic mass is 16.4. The Balaban J connectivity index is -0.000000163. The van der Waals surface area contributed by atoms with Crippen LogP contribution in [0.3, 0.4) is 0 Å². The molecule has 33 heavy (non-hydrogen) atoms. The molecule has 9 nitrogen and oxygen atoms in total. The maximum Gasteiger partial charge on any atom is 0.330 e. The fraction of sp³-hybridized carbons (Fsp3) is 0.167. The van der Waals surface area contributed by atoms with E-state index in [2.05, 4.69) is 44.4 Å². The zero-order valence-electron chi connectivity index (χ0n) is 18.7. The molecule has 0 bridgehead atoms. The summed E-state index contributed by atoms with van der Waals surface area (Å²) in [6.07, 6.45) is 6.19. The minimum atomic E-state index is -0.983. The van der Waals surface area contributed by atoms with Crippen LogP contribution in [0.25, 0.3) is 6.08 Å². The van der Waals surface area contributed by atoms with Crippen LogP contribution < -0.4 is 11.5 Å². The molecule has 1 aromatic carbocycles. The van der Waals surface area contributed by atoms with Gasteiger partial charge in [-0.05, 0) is 30.6 Å². The maximum absolute atomic E-state index is 10.0. The number of aliphatic hydroxyl groups is 1. The second-order valence-electron chi connectivity index (χ2n) is 5.45. The molecule has 9 heteroatoms. The van der Waals surface area contributed by atoms with Gasteiger partial charge in [0.05, 0.1) is 6.42 Å². The molecule has 0 radical (unpaired) electrons. The van der Waals surface area contributed by atoms with Crippen molar-refractivity contribution in [2.45, 2.75) is 19.3 Å². The summed E-state index contributed by atoms with van der Waals surface area (Å²) in [5, 5.41) is 24.3. The predicted molar refractivity (Wildman–Crippen MR) is 131 cm³/mol. The molecule has 0 unspecified atom stereocenters. The number of amides is 2. The Kier molecular flexibility index (Phi) is 30.4. The molecule has 1 aromatic rings. The number of rotatable bonds is 9. The molecule has 0 heterocycles. The summed E-state index contributed by atoms with van der Waals surface area (Å²) in [6.45, 7) is 16.3. The smallest absolute Gasteiger partial charge is 0.330 e. The van der Waals surface area contributed by atoms with Gasteiger partial charge in [-0.3, -0.25) is 14.4 Å². The van der Waals surface area contributed by atoms with Gasteiger partial charge in [0.1, 0.15) is 0 Å². The van der Waals surface area contributed by atoms with Crippen LogP contribution in [0.2, 0.25) is 0 Å². The van der Waals surface area contributed by atoms with Crippen molar-refractivity contribution >= 4 is 29.8 Å². The number of aliphatic hydroxyl groups excluding tert-OH is 1. The standard InChI is InChI=1S/C8H8.C6H10O3.C4H6O2.2C3H5NO/c1-2-8-6-4-3-5-7-8;1-5(6(8)9)3-2-4-7;1-2-3-4(5)6;2*1-2-3(4)5/h2-7H,1H2;7H,1-4H2,(H,8,9);2H,1,3H2,(H,5,6);2*2H,1H2,(H2,4,5). The third-order valence-corrected chi connectivity index (χ3v) is 2.70. The number of carbonyl (C=O) groups is 4. The molecule has 0 saturated carbocycles. The quantitative estimate of drug-likeness (QED) is 0.276. The molecule has 2 amide bonds. The van der Waals surface area contributed by atoms with Crippen molar-refractivity contribution in [1.82, 2.24) is 0 Å². The fourth-order valence-electron chi connectivity index (χ4n) is 1.11. The molecule has 0 aliphatic carbocycles. The summed E-state index contributed by atoms with van der Waals surface area (Å²) in [5.41, 5.74) is 10.4. The third kappa shape index (κ3) is 42.7. The molecule has 0 saturated heterocycles. The predicted octanol–water partition coefficient (Wildman–Crippen LogP) is 2.69. The second kappa shape index (κ2) is 27.8. The van der Waals surface area contributed by atoms with Gasteiger partial charge >= 0.3 is 11.9 Å². The topological polar surface area (TPSA) is 181 Å². The number of hydrogen-bond donors (Lipinski definition) is 5. The number of hydrogen-bond acceptors (Lipinski definition) is 5. The number of nitrogens with two attached hydrogens (primary N) is 2. The van der Waals surface area contributed by atoms with E-state index in [-0.39, 0.29) is 18.6 Å². The first-order valence-corrected chi connectivity index (χ1v) is 9.29. The van der Waals surface area contributed by atoms with E-state index in [0.717, 1.165) is 12.2 Å². The van der Waals surface area contributed by atoms with Crippen LogP contribution in [0.5, 0.6) is 0 Å². The van der Waals surface area contributed by atoms with Crippen LogP contribution in [0.15, 0.2) is 87.0 Å². The van der Waals surface area contributed by atoms with Crippen LogP contribution in [0.1, 0.15) is 24.8 Å². The zero-order chi connectivity index (χ0) is 26.7. The van der Waals surface area contributed by atoms with Crippen molar-refractivity contribution in [2.24, 2.45) is 11.5 Å². The van der Waals surface area contributed by atoms with Crippen molar-refractivity contribution in [1.29, 1.82) is 0 Å². The highest BCUT2D eigenvalue weighted by Crippen LogP contribution is 2.00. The van der Waals surface area contributed by atoms with Gasteiger partial charge in [0, 0.05) is 12.2 Å². The number of aliphatic carboxylic acids is 2. The Labute approximate surface area is 194 Å². The van der Waals surface area contributed by atoms with Crippen molar-refractivity contribution in [3.05, 3.63) is 92.6 Å². The Hall–Kier alpha value is -4.24. The van der Waals surface area contributed by atoms with Crippen LogP contribution in [-0.2, 0) is 19.2 Å². The molecule has 0 spiro atoms. The molecule has 0 atom stereocenters. The number of carboxylic acids is 2. The molecule has 0 aliphatic rings. The van der Waals surface area contributed by atoms with Gasteiger partial charge in [0.25, 0.3) is 0 Å². The minimum absolute atomic E-state index is 0.0201. The average molecular weight is 463 g/mol. The lowest BCUT2D eigenvalue weighted by Crippen LogP contribution is -2.04. The summed E-state index contributed by atoms with van der Waals surface area (Å²) in [6, 6.07) is 10.0. The summed E-state index contributed by atoms with van der Waals surface area (Å²) < 4.78 is 0. The minimum Gasteiger partial charge on any atom is -0.481 e. The first-order valence-electron chi connectivity index (χ1n) is 9.29. The normalized spacial score (nSPS) is 7.79. The zero-order valence-corrected chi connectivity index (χ0v) is 18.7. The van der Waals surface area contributed by atoms with E-state index in [9.17, 15) is 19.2 Å². The largest absolute Gasteiger partial charge is 0.481 e. The van der Waals surface area contributed by atoms with Crippen molar-refractivity contribution < 1.29 is 34.5 Å². The van der Waals surface area contributed by atoms with Crippen LogP contribution in [0.4, 0.5) is 0 Å². The molecule has 0 aromatic heterocycles. The summed E-state index contributed by atoms with van der Waals surface area (Å²) in [7, 11) is 0. The van der Waals surface area contributed by atoms with Crippen molar-refractivity contribution in [3.8, 4) is 0 Å². The lowest BCUT2D eigenvalue weighted by molar-refractivity contribution is -0.136. The van der Waals surface area contributed by atoms with Gasteiger partial charge in [-0.25, -0.2) is 4.79 Å². The molecular weight excluding hydrogens is 428 g/mol. The molecule has 0 aliphatic heterocycles. The molecule has 7 N–H and O–H groups in total. The molecule has 0 fully saturated rings. The van der Waals surface area contributed by atoms with E-state index in [1.54, 1.807) is 0 Å². The van der Waals surface area contributed by atoms with E-state index in [1.807, 2.05) is 36.4 Å². The van der Waals surface area contributed by atoms with E-state index < -0.39 is 23.8 Å². The van der Waals surface area contributed by atoms with E-state index >= 15 is 0 Å². The van der Waals surface area contributed by atoms with Crippen molar-refractivity contribution in [3.63, 3.8) is 0 Å². The van der Waals surface area contributed by atoms with Crippen LogP contribution in [-0.4, -0.2) is 45.7 Å². The Morgan fingerprint density at radius 2 is 1.30 bits per heavy atom. The highest BCUT2D eigenvalue weighted by molar-refractivity contribution is 5.85. The van der Waals surface area contributed by atoms with Crippen LogP contribution in [0, 0.1) is 0 Å². The number of carboxylic acid groups (broad SMARTS) is 2. The van der Waals surface area contributed by atoms with Gasteiger partial charge in [-0.1, -0.05) is 68.8 Å². The number of primary amides is 2. The molecule has 182 valence electrons. The monoisotopic (exact) mass is 462 g/mol. The first kappa shape index (κ1) is 36.2. The molecular formula is C24H34N2O7. The fourth-order valence-corrected chi connectivity index (χ4v) is 1.11. The first-order chi connectivity index (χ1) is 15.4. The van der Waals surface area contributed by atoms with Gasteiger partial charge in [0.2, 0.25) is 11.8 Å². The Morgan fingerprint density at radius 1 is 0.879 bits per heavy atom. The number of carbonyl (C=O) groups excluding carboxylic acids is 2. The Morgan fingerprint density at radius 3 is 1.48 bits per heavy atom. The Bertz CT molecular complexity index is 739. The van der Waals surface area contributed by atoms with Gasteiger partial charge < -0.3 is 26.8 Å². The van der Waals surface area contributed by atoms with Gasteiger partial charge in [-0.2, -0.15) is 0 Å². The van der Waals surface area contributed by atoms with Gasteiger partial charge in [0.15, 0.2) is 0 Å². The van der Waals surface area contributed by atoms with E-state index in [0.29, 0.717) is 12.8 Å². The lowest BCUT2D eigenvalue weighted by Gasteiger charge is -1.94. The van der Waals surface area contributed by atoms with E-state index in [1.165, 1.54) is 11.6 Å². The number of benzene rings is 1. The van der Waals surface area contributed by atoms with E-state index in [4.69, 9.17) is 15.3 Å². The summed E-state index contributed by atoms with van der Waals surface area (Å²) >= 11 is 0. The highest BCUT2D eigenvalue weighted by Gasteiger charge is 2.01. The lowest BCUT2D eigenvalue weighted by atomic mass is 10.2. The average Bonchev–Trinajstić information content (AvgIpc) is 2.79. The second-order valence-corrected chi connectivity index (χ2v) is 5.45. The summed E-state index contributed by atoms with van der Waals surface area (Å²) in [4.78, 5) is 38.5. The SMILES string of the molecule is C=C(CCCO)C(=O)O.C=CC(N)=O.C=CC(N)=O.C=CCC(=O)O.C=Cc1ccccc1. The summed E-state index contributed by atoms with van der Waals surface area (Å²) in [5.74, 6) is -2.77. The van der Waals surface area contributed by atoms with Crippen molar-refractivity contribution in [2.75, 3.05) is 6.61 Å². The molecule has 1 rings (SSSR count).